The third kappa shape index (κ3) is 4.24. The molecule has 2 aromatic carbocycles. The second-order valence-corrected chi connectivity index (χ2v) is 6.43. The Bertz CT molecular complexity index is 815. The van der Waals surface area contributed by atoms with E-state index in [1.807, 2.05) is 45.9 Å². The zero-order valence-electron chi connectivity index (χ0n) is 15.2. The van der Waals surface area contributed by atoms with E-state index in [4.69, 9.17) is 0 Å². The molecule has 0 unspecified atom stereocenters. The largest absolute Gasteiger partial charge is 0.324 e. The van der Waals surface area contributed by atoms with Gasteiger partial charge in [-0.1, -0.05) is 12.1 Å². The van der Waals surface area contributed by atoms with Crippen LogP contribution in [0.1, 0.15) is 42.3 Å². The SMILES string of the molecule is CC(=O)Nc1ccc(C(=O)N(c2cc(C)ccc2C)C(C)C)cc1F. The van der Waals surface area contributed by atoms with Gasteiger partial charge in [-0.25, -0.2) is 4.39 Å². The van der Waals surface area contributed by atoms with E-state index in [0.29, 0.717) is 0 Å². The number of anilines is 2. The van der Waals surface area contributed by atoms with Crippen molar-refractivity contribution in [2.45, 2.75) is 40.7 Å². The summed E-state index contributed by atoms with van der Waals surface area (Å²) in [4.78, 5) is 25.8. The molecule has 0 aromatic heterocycles. The average Bonchev–Trinajstić information content (AvgIpc) is 2.52. The van der Waals surface area contributed by atoms with Gasteiger partial charge in [0.05, 0.1) is 5.69 Å². The summed E-state index contributed by atoms with van der Waals surface area (Å²) in [6.45, 7) is 9.05. The van der Waals surface area contributed by atoms with Crippen LogP contribution in [0.2, 0.25) is 0 Å². The molecular weight excluding hydrogens is 319 g/mol. The number of nitrogens with zero attached hydrogens (tertiary/aromatic N) is 1. The van der Waals surface area contributed by atoms with E-state index < -0.39 is 5.82 Å². The van der Waals surface area contributed by atoms with E-state index in [2.05, 4.69) is 5.32 Å². The zero-order chi connectivity index (χ0) is 18.7. The molecule has 0 bridgehead atoms. The number of carbonyl (C=O) groups is 2. The summed E-state index contributed by atoms with van der Waals surface area (Å²) in [5.41, 5.74) is 3.13. The predicted molar refractivity (Wildman–Crippen MR) is 98.6 cm³/mol. The van der Waals surface area contributed by atoms with Gasteiger partial charge >= 0.3 is 0 Å². The van der Waals surface area contributed by atoms with E-state index in [9.17, 15) is 14.0 Å². The highest BCUT2D eigenvalue weighted by Crippen LogP contribution is 2.26. The maximum absolute atomic E-state index is 14.2. The lowest BCUT2D eigenvalue weighted by Gasteiger charge is -2.29. The summed E-state index contributed by atoms with van der Waals surface area (Å²) in [7, 11) is 0. The van der Waals surface area contributed by atoms with Gasteiger partial charge in [-0.05, 0) is 63.1 Å². The fourth-order valence-corrected chi connectivity index (χ4v) is 2.68. The first-order valence-electron chi connectivity index (χ1n) is 8.18. The molecule has 1 N–H and O–H groups in total. The summed E-state index contributed by atoms with van der Waals surface area (Å²) in [6.07, 6.45) is 0. The zero-order valence-corrected chi connectivity index (χ0v) is 15.2. The minimum absolute atomic E-state index is 0.0619. The minimum atomic E-state index is -0.634. The van der Waals surface area contributed by atoms with Gasteiger partial charge in [-0.15, -0.1) is 0 Å². The number of aryl methyl sites for hydroxylation is 2. The van der Waals surface area contributed by atoms with Gasteiger partial charge in [0.2, 0.25) is 5.91 Å². The topological polar surface area (TPSA) is 49.4 Å². The van der Waals surface area contributed by atoms with Crippen LogP contribution in [0.3, 0.4) is 0 Å². The molecule has 0 aliphatic heterocycles. The summed E-state index contributed by atoms with van der Waals surface area (Å²) in [5, 5.41) is 2.40. The Morgan fingerprint density at radius 2 is 1.76 bits per heavy atom. The van der Waals surface area contributed by atoms with Crippen LogP contribution < -0.4 is 10.2 Å². The Morgan fingerprint density at radius 3 is 2.32 bits per heavy atom. The highest BCUT2D eigenvalue weighted by molar-refractivity contribution is 6.07. The number of hydrogen-bond donors (Lipinski definition) is 1. The number of hydrogen-bond acceptors (Lipinski definition) is 2. The standard InChI is InChI=1S/C20H23FN2O2/c1-12(2)23(19-10-13(3)6-7-14(19)4)20(25)16-8-9-18(17(21)11-16)22-15(5)24/h6-12H,1-5H3,(H,22,24). The molecule has 0 aliphatic carbocycles. The highest BCUT2D eigenvalue weighted by atomic mass is 19.1. The molecule has 2 aromatic rings. The minimum Gasteiger partial charge on any atom is -0.324 e. The van der Waals surface area contributed by atoms with Gasteiger partial charge in [0.25, 0.3) is 5.91 Å². The number of amides is 2. The summed E-state index contributed by atoms with van der Waals surface area (Å²) in [5.74, 6) is -1.28. The smallest absolute Gasteiger partial charge is 0.258 e. The van der Waals surface area contributed by atoms with Gasteiger partial charge in [-0.3, -0.25) is 9.59 Å². The molecule has 2 amide bonds. The van der Waals surface area contributed by atoms with Gasteiger partial charge < -0.3 is 10.2 Å². The van der Waals surface area contributed by atoms with Gasteiger partial charge in [0.1, 0.15) is 5.82 Å². The average molecular weight is 342 g/mol. The van der Waals surface area contributed by atoms with Crippen molar-refractivity contribution in [1.29, 1.82) is 0 Å². The molecule has 0 radical (unpaired) electrons. The Labute approximate surface area is 147 Å². The van der Waals surface area contributed by atoms with Gasteiger partial charge in [-0.2, -0.15) is 0 Å². The van der Waals surface area contributed by atoms with Crippen LogP contribution in [-0.2, 0) is 4.79 Å². The molecule has 0 atom stereocenters. The Hall–Kier alpha value is -2.69. The van der Waals surface area contributed by atoms with Gasteiger partial charge in [0, 0.05) is 24.2 Å². The maximum atomic E-state index is 14.2. The normalized spacial score (nSPS) is 10.7. The number of benzene rings is 2. The monoisotopic (exact) mass is 342 g/mol. The quantitative estimate of drug-likeness (QED) is 0.892. The molecule has 0 heterocycles. The van der Waals surface area contributed by atoms with E-state index in [1.54, 1.807) is 4.90 Å². The van der Waals surface area contributed by atoms with E-state index >= 15 is 0 Å². The highest BCUT2D eigenvalue weighted by Gasteiger charge is 2.23. The molecule has 0 aliphatic rings. The maximum Gasteiger partial charge on any atom is 0.258 e. The summed E-state index contributed by atoms with van der Waals surface area (Å²) in [6, 6.07) is 9.91. The number of rotatable bonds is 4. The third-order valence-electron chi connectivity index (χ3n) is 3.89. The predicted octanol–water partition coefficient (Wildman–Crippen LogP) is 4.46. The summed E-state index contributed by atoms with van der Waals surface area (Å²) < 4.78 is 14.2. The molecule has 132 valence electrons. The Balaban J connectivity index is 2.43. The second-order valence-electron chi connectivity index (χ2n) is 6.43. The lowest BCUT2D eigenvalue weighted by atomic mass is 10.1. The Morgan fingerprint density at radius 1 is 1.08 bits per heavy atom. The van der Waals surface area contributed by atoms with Crippen molar-refractivity contribution in [2.24, 2.45) is 0 Å². The van der Waals surface area contributed by atoms with Crippen molar-refractivity contribution < 1.29 is 14.0 Å². The van der Waals surface area contributed by atoms with Crippen molar-refractivity contribution in [1.82, 2.24) is 0 Å². The van der Waals surface area contributed by atoms with E-state index in [1.165, 1.54) is 19.1 Å². The first-order chi connectivity index (χ1) is 11.7. The molecular formula is C20H23FN2O2. The van der Waals surface area contributed by atoms with Crippen LogP contribution in [0.5, 0.6) is 0 Å². The van der Waals surface area contributed by atoms with Crippen molar-refractivity contribution in [3.05, 3.63) is 58.9 Å². The van der Waals surface area contributed by atoms with Crippen LogP contribution in [0, 0.1) is 19.7 Å². The van der Waals surface area contributed by atoms with Gasteiger partial charge in [0.15, 0.2) is 0 Å². The van der Waals surface area contributed by atoms with Crippen molar-refractivity contribution in [3.8, 4) is 0 Å². The molecule has 0 spiro atoms. The number of carbonyl (C=O) groups excluding carboxylic acids is 2. The fraction of sp³-hybridized carbons (Fsp3) is 0.300. The summed E-state index contributed by atoms with van der Waals surface area (Å²) >= 11 is 0. The number of nitrogens with one attached hydrogen (secondary N) is 1. The molecule has 0 saturated carbocycles. The molecule has 4 nitrogen and oxygen atoms in total. The first-order valence-corrected chi connectivity index (χ1v) is 8.18. The van der Waals surface area contributed by atoms with Crippen molar-refractivity contribution in [3.63, 3.8) is 0 Å². The van der Waals surface area contributed by atoms with E-state index in [-0.39, 0.29) is 29.1 Å². The third-order valence-corrected chi connectivity index (χ3v) is 3.89. The first kappa shape index (κ1) is 18.6. The van der Waals surface area contributed by atoms with Crippen LogP contribution >= 0.6 is 0 Å². The van der Waals surface area contributed by atoms with Crippen LogP contribution in [-0.4, -0.2) is 17.9 Å². The van der Waals surface area contributed by atoms with Crippen molar-refractivity contribution >= 4 is 23.2 Å². The fourth-order valence-electron chi connectivity index (χ4n) is 2.68. The van der Waals surface area contributed by atoms with Crippen LogP contribution in [0.15, 0.2) is 36.4 Å². The lowest BCUT2D eigenvalue weighted by molar-refractivity contribution is -0.114. The van der Waals surface area contributed by atoms with Crippen molar-refractivity contribution in [2.75, 3.05) is 10.2 Å². The molecule has 0 fully saturated rings. The van der Waals surface area contributed by atoms with Crippen LogP contribution in [0.25, 0.3) is 0 Å². The molecule has 5 heteroatoms. The molecule has 25 heavy (non-hydrogen) atoms. The van der Waals surface area contributed by atoms with Crippen LogP contribution in [0.4, 0.5) is 15.8 Å². The van der Waals surface area contributed by atoms with E-state index in [0.717, 1.165) is 22.9 Å². The lowest BCUT2D eigenvalue weighted by Crippen LogP contribution is -2.37. The second kappa shape index (κ2) is 7.47. The Kier molecular flexibility index (Phi) is 5.57. The molecule has 2 rings (SSSR count). The number of halogens is 1. The molecule has 0 saturated heterocycles.